The third kappa shape index (κ3) is 5.32. The fourth-order valence-electron chi connectivity index (χ4n) is 1.96. The first-order valence-electron chi connectivity index (χ1n) is 6.80. The predicted octanol–water partition coefficient (Wildman–Crippen LogP) is 0.621. The standard InChI is InChI=1S/C14H25NO4Si/c1-16-9-11-18-20(13-8-15,19-12-10-17-2)14-6-4-3-5-7-14/h3-7H,8-13,15H2,1-2H3. The molecule has 6 heteroatoms. The van der Waals surface area contributed by atoms with E-state index in [0.717, 1.165) is 5.19 Å². The molecule has 0 saturated heterocycles. The number of hydrogen-bond acceptors (Lipinski definition) is 5. The monoisotopic (exact) mass is 299 g/mol. The summed E-state index contributed by atoms with van der Waals surface area (Å²) in [6.07, 6.45) is 0. The zero-order valence-corrected chi connectivity index (χ0v) is 13.3. The Morgan fingerprint density at radius 3 is 1.90 bits per heavy atom. The summed E-state index contributed by atoms with van der Waals surface area (Å²) < 4.78 is 22.3. The van der Waals surface area contributed by atoms with Crippen molar-refractivity contribution in [2.75, 3.05) is 47.2 Å². The van der Waals surface area contributed by atoms with E-state index in [-0.39, 0.29) is 0 Å². The predicted molar refractivity (Wildman–Crippen MR) is 81.3 cm³/mol. The first-order chi connectivity index (χ1) is 9.79. The minimum atomic E-state index is -2.53. The molecule has 0 fully saturated rings. The summed E-state index contributed by atoms with van der Waals surface area (Å²) in [5.41, 5.74) is 5.77. The lowest BCUT2D eigenvalue weighted by Gasteiger charge is -2.30. The molecule has 0 aromatic heterocycles. The summed E-state index contributed by atoms with van der Waals surface area (Å²) in [6.45, 7) is 2.62. The Balaban J connectivity index is 2.86. The SMILES string of the molecule is COCCO[Si](CCN)(OCCOC)c1ccccc1. The van der Waals surface area contributed by atoms with Crippen LogP contribution in [-0.2, 0) is 18.3 Å². The van der Waals surface area contributed by atoms with Crippen LogP contribution in [0.1, 0.15) is 0 Å². The van der Waals surface area contributed by atoms with Gasteiger partial charge in [0.25, 0.3) is 0 Å². The first-order valence-corrected chi connectivity index (χ1v) is 8.83. The highest BCUT2D eigenvalue weighted by atomic mass is 28.4. The van der Waals surface area contributed by atoms with Crippen LogP contribution < -0.4 is 10.9 Å². The highest BCUT2D eigenvalue weighted by Gasteiger charge is 2.39. The van der Waals surface area contributed by atoms with Gasteiger partial charge in [0, 0.05) is 20.3 Å². The summed E-state index contributed by atoms with van der Waals surface area (Å²) in [4.78, 5) is 0. The van der Waals surface area contributed by atoms with Crippen molar-refractivity contribution in [3.8, 4) is 0 Å². The van der Waals surface area contributed by atoms with Gasteiger partial charge in [-0.2, -0.15) is 0 Å². The van der Waals surface area contributed by atoms with Crippen LogP contribution in [0.15, 0.2) is 30.3 Å². The smallest absolute Gasteiger partial charge is 0.373 e. The van der Waals surface area contributed by atoms with E-state index in [0.29, 0.717) is 39.0 Å². The van der Waals surface area contributed by atoms with Crippen molar-refractivity contribution < 1.29 is 18.3 Å². The van der Waals surface area contributed by atoms with Crippen LogP contribution in [0.3, 0.4) is 0 Å². The van der Waals surface area contributed by atoms with Crippen LogP contribution in [0.5, 0.6) is 0 Å². The van der Waals surface area contributed by atoms with Crippen LogP contribution in [0, 0.1) is 0 Å². The molecular weight excluding hydrogens is 274 g/mol. The van der Waals surface area contributed by atoms with Crippen molar-refractivity contribution in [3.05, 3.63) is 30.3 Å². The second-order valence-electron chi connectivity index (χ2n) is 4.34. The maximum absolute atomic E-state index is 6.10. The molecule has 0 amide bonds. The van der Waals surface area contributed by atoms with E-state index in [1.165, 1.54) is 0 Å². The minimum Gasteiger partial charge on any atom is -0.389 e. The third-order valence-corrected chi connectivity index (χ3v) is 6.43. The molecule has 20 heavy (non-hydrogen) atoms. The van der Waals surface area contributed by atoms with Gasteiger partial charge in [-0.3, -0.25) is 0 Å². The first kappa shape index (κ1) is 17.3. The normalized spacial score (nSPS) is 11.8. The molecule has 0 radical (unpaired) electrons. The second kappa shape index (κ2) is 10.0. The molecule has 0 bridgehead atoms. The zero-order chi connectivity index (χ0) is 14.7. The summed E-state index contributed by atoms with van der Waals surface area (Å²) in [6, 6.07) is 10.8. The molecule has 114 valence electrons. The van der Waals surface area contributed by atoms with Crippen LogP contribution in [-0.4, -0.2) is 55.8 Å². The van der Waals surface area contributed by atoms with Crippen molar-refractivity contribution in [3.63, 3.8) is 0 Å². The van der Waals surface area contributed by atoms with Gasteiger partial charge in [0.05, 0.1) is 26.4 Å². The van der Waals surface area contributed by atoms with Gasteiger partial charge in [0.1, 0.15) is 0 Å². The number of ether oxygens (including phenoxy) is 2. The molecule has 0 saturated carbocycles. The molecule has 0 heterocycles. The van der Waals surface area contributed by atoms with E-state index in [4.69, 9.17) is 24.1 Å². The Kier molecular flexibility index (Phi) is 8.67. The van der Waals surface area contributed by atoms with Crippen LogP contribution in [0.4, 0.5) is 0 Å². The van der Waals surface area contributed by atoms with E-state index >= 15 is 0 Å². The maximum Gasteiger partial charge on any atom is 0.373 e. The fraction of sp³-hybridized carbons (Fsp3) is 0.571. The van der Waals surface area contributed by atoms with E-state index in [2.05, 4.69) is 0 Å². The summed E-state index contributed by atoms with van der Waals surface area (Å²) in [7, 11) is 0.782. The largest absolute Gasteiger partial charge is 0.389 e. The van der Waals surface area contributed by atoms with Crippen molar-refractivity contribution in [1.82, 2.24) is 0 Å². The van der Waals surface area contributed by atoms with Gasteiger partial charge < -0.3 is 24.1 Å². The molecule has 0 spiro atoms. The zero-order valence-electron chi connectivity index (χ0n) is 12.3. The third-order valence-electron chi connectivity index (χ3n) is 2.93. The van der Waals surface area contributed by atoms with Gasteiger partial charge in [0.2, 0.25) is 0 Å². The van der Waals surface area contributed by atoms with Crippen LogP contribution in [0.2, 0.25) is 6.04 Å². The topological polar surface area (TPSA) is 62.9 Å². The number of rotatable bonds is 11. The van der Waals surface area contributed by atoms with E-state index in [1.54, 1.807) is 14.2 Å². The highest BCUT2D eigenvalue weighted by Crippen LogP contribution is 2.14. The summed E-state index contributed by atoms with van der Waals surface area (Å²) >= 11 is 0. The van der Waals surface area contributed by atoms with E-state index in [1.807, 2.05) is 30.3 Å². The molecule has 0 aliphatic rings. The second-order valence-corrected chi connectivity index (χ2v) is 7.50. The molecule has 1 aromatic carbocycles. The number of benzene rings is 1. The Morgan fingerprint density at radius 2 is 1.45 bits per heavy atom. The lowest BCUT2D eigenvalue weighted by Crippen LogP contribution is -2.55. The van der Waals surface area contributed by atoms with Crippen molar-refractivity contribution >= 4 is 13.7 Å². The van der Waals surface area contributed by atoms with Crippen molar-refractivity contribution in [2.45, 2.75) is 6.04 Å². The fourth-order valence-corrected chi connectivity index (χ4v) is 4.86. The number of nitrogens with two attached hydrogens (primary N) is 1. The number of methoxy groups -OCH3 is 2. The van der Waals surface area contributed by atoms with Crippen molar-refractivity contribution in [2.24, 2.45) is 5.73 Å². The Hall–Kier alpha value is -0.763. The molecule has 0 aliphatic heterocycles. The van der Waals surface area contributed by atoms with Gasteiger partial charge in [0.15, 0.2) is 0 Å². The molecule has 1 rings (SSSR count). The minimum absolute atomic E-state index is 0.505. The Morgan fingerprint density at radius 1 is 0.900 bits per heavy atom. The van der Waals surface area contributed by atoms with Gasteiger partial charge in [-0.05, 0) is 11.7 Å². The Labute approximate surface area is 122 Å². The van der Waals surface area contributed by atoms with E-state index < -0.39 is 8.56 Å². The van der Waals surface area contributed by atoms with E-state index in [9.17, 15) is 0 Å². The number of hydrogen-bond donors (Lipinski definition) is 1. The quantitative estimate of drug-likeness (QED) is 0.479. The van der Waals surface area contributed by atoms with Crippen molar-refractivity contribution in [1.29, 1.82) is 0 Å². The average Bonchev–Trinajstić information content (AvgIpc) is 2.48. The average molecular weight is 299 g/mol. The lowest BCUT2D eigenvalue weighted by atomic mass is 10.4. The Bertz CT molecular complexity index is 340. The molecular formula is C14H25NO4Si. The van der Waals surface area contributed by atoms with Gasteiger partial charge in [-0.15, -0.1) is 0 Å². The lowest BCUT2D eigenvalue weighted by molar-refractivity contribution is 0.0918. The molecule has 0 aliphatic carbocycles. The maximum atomic E-state index is 6.10. The molecule has 0 unspecified atom stereocenters. The molecule has 2 N–H and O–H groups in total. The molecule has 5 nitrogen and oxygen atoms in total. The summed E-state index contributed by atoms with van der Waals surface area (Å²) in [5.74, 6) is 0. The van der Waals surface area contributed by atoms with Gasteiger partial charge in [-0.25, -0.2) is 0 Å². The molecule has 0 atom stereocenters. The molecule has 1 aromatic rings. The van der Waals surface area contributed by atoms with Crippen LogP contribution >= 0.6 is 0 Å². The van der Waals surface area contributed by atoms with Gasteiger partial charge in [-0.1, -0.05) is 30.3 Å². The summed E-state index contributed by atoms with van der Waals surface area (Å²) in [5, 5.41) is 1.10. The van der Waals surface area contributed by atoms with Crippen LogP contribution in [0.25, 0.3) is 0 Å². The highest BCUT2D eigenvalue weighted by molar-refractivity contribution is 6.81. The van der Waals surface area contributed by atoms with Gasteiger partial charge >= 0.3 is 8.56 Å².